The Morgan fingerprint density at radius 3 is 2.93 bits per heavy atom. The lowest BCUT2D eigenvalue weighted by Crippen LogP contribution is -2.33. The Bertz CT molecular complexity index is 1180. The second-order valence-corrected chi connectivity index (χ2v) is 7.39. The molecule has 0 aliphatic carbocycles. The van der Waals surface area contributed by atoms with Gasteiger partial charge >= 0.3 is 0 Å². The summed E-state index contributed by atoms with van der Waals surface area (Å²) in [5.74, 6) is -0.342. The van der Waals surface area contributed by atoms with Gasteiger partial charge in [0, 0.05) is 49.2 Å². The fourth-order valence-corrected chi connectivity index (χ4v) is 3.89. The van der Waals surface area contributed by atoms with Crippen LogP contribution in [0.1, 0.15) is 6.42 Å². The second-order valence-electron chi connectivity index (χ2n) is 7.39. The van der Waals surface area contributed by atoms with Gasteiger partial charge in [0.15, 0.2) is 11.5 Å². The predicted octanol–water partition coefficient (Wildman–Crippen LogP) is 3.12. The van der Waals surface area contributed by atoms with E-state index in [0.717, 1.165) is 41.5 Å². The summed E-state index contributed by atoms with van der Waals surface area (Å²) < 4.78 is 16.0. The average molecular weight is 376 g/mol. The lowest BCUT2D eigenvalue weighted by molar-refractivity contribution is 0.633. The van der Waals surface area contributed by atoms with Crippen molar-refractivity contribution < 1.29 is 4.39 Å². The first kappa shape index (κ1) is 17.1. The summed E-state index contributed by atoms with van der Waals surface area (Å²) in [6.45, 7) is 2.05. The summed E-state index contributed by atoms with van der Waals surface area (Å²) in [7, 11) is 3.89. The normalized spacial score (nSPS) is 16.9. The first-order valence-electron chi connectivity index (χ1n) is 9.42. The standard InChI is InChI=1S/C21H21FN6/c1-27-12-15-7-14(9-18(22)20(15)26-27)19-4-3-13-8-17(11-24-21(13)25-19)28(2)16-5-6-23-10-16/h3-4,7-9,11-12,16,23H,5-6,10H2,1-2H3/t16-/m0/s1. The third-order valence-electron chi connectivity index (χ3n) is 5.49. The van der Waals surface area contributed by atoms with E-state index in [1.54, 1.807) is 17.9 Å². The minimum Gasteiger partial charge on any atom is -0.369 e. The topological polar surface area (TPSA) is 58.9 Å². The van der Waals surface area contributed by atoms with Crippen molar-refractivity contribution in [1.82, 2.24) is 25.1 Å². The van der Waals surface area contributed by atoms with E-state index in [1.165, 1.54) is 6.07 Å². The van der Waals surface area contributed by atoms with Crippen molar-refractivity contribution in [3.8, 4) is 11.3 Å². The van der Waals surface area contributed by atoms with E-state index in [9.17, 15) is 4.39 Å². The van der Waals surface area contributed by atoms with Gasteiger partial charge in [-0.3, -0.25) is 4.68 Å². The van der Waals surface area contributed by atoms with E-state index in [0.29, 0.717) is 22.9 Å². The van der Waals surface area contributed by atoms with Crippen LogP contribution in [0.5, 0.6) is 0 Å². The van der Waals surface area contributed by atoms with Gasteiger partial charge in [0.25, 0.3) is 0 Å². The molecule has 7 heteroatoms. The molecule has 1 N–H and O–H groups in total. The fraction of sp³-hybridized carbons (Fsp3) is 0.286. The molecule has 28 heavy (non-hydrogen) atoms. The predicted molar refractivity (Wildman–Crippen MR) is 109 cm³/mol. The highest BCUT2D eigenvalue weighted by molar-refractivity contribution is 5.86. The van der Waals surface area contributed by atoms with Gasteiger partial charge in [-0.1, -0.05) is 0 Å². The van der Waals surface area contributed by atoms with Crippen LogP contribution in [0, 0.1) is 5.82 Å². The molecule has 0 unspecified atom stereocenters. The summed E-state index contributed by atoms with van der Waals surface area (Å²) in [6.07, 6.45) is 4.80. The quantitative estimate of drug-likeness (QED) is 0.595. The largest absolute Gasteiger partial charge is 0.369 e. The number of aryl methyl sites for hydroxylation is 1. The molecule has 0 bridgehead atoms. The third kappa shape index (κ3) is 2.88. The van der Waals surface area contributed by atoms with Gasteiger partial charge in [-0.05, 0) is 43.3 Å². The second kappa shape index (κ2) is 6.53. The molecular weight excluding hydrogens is 355 g/mol. The molecule has 5 rings (SSSR count). The zero-order valence-corrected chi connectivity index (χ0v) is 15.9. The van der Waals surface area contributed by atoms with Crippen molar-refractivity contribution in [1.29, 1.82) is 0 Å². The van der Waals surface area contributed by atoms with Crippen LogP contribution >= 0.6 is 0 Å². The number of anilines is 1. The summed E-state index contributed by atoms with van der Waals surface area (Å²) in [5.41, 5.74) is 3.54. The van der Waals surface area contributed by atoms with Crippen molar-refractivity contribution in [3.05, 3.63) is 48.5 Å². The first-order chi connectivity index (χ1) is 13.6. The molecule has 1 saturated heterocycles. The molecule has 0 amide bonds. The third-order valence-corrected chi connectivity index (χ3v) is 5.49. The molecule has 0 radical (unpaired) electrons. The Labute approximate surface area is 162 Å². The maximum Gasteiger partial charge on any atom is 0.159 e. The molecule has 4 heterocycles. The van der Waals surface area contributed by atoms with Crippen molar-refractivity contribution in [3.63, 3.8) is 0 Å². The molecule has 1 aliphatic rings. The molecule has 1 atom stereocenters. The van der Waals surface area contributed by atoms with Crippen LogP contribution in [0.25, 0.3) is 33.2 Å². The number of nitrogens with one attached hydrogen (secondary N) is 1. The number of nitrogens with zero attached hydrogens (tertiary/aromatic N) is 5. The number of likely N-dealkylation sites (N-methyl/N-ethyl adjacent to an activating group) is 1. The first-order valence-corrected chi connectivity index (χ1v) is 9.42. The number of fused-ring (bicyclic) bond motifs is 2. The van der Waals surface area contributed by atoms with Gasteiger partial charge in [-0.2, -0.15) is 5.10 Å². The Kier molecular flexibility index (Phi) is 3.98. The Morgan fingerprint density at radius 1 is 1.21 bits per heavy atom. The Balaban J connectivity index is 1.52. The monoisotopic (exact) mass is 376 g/mol. The lowest BCUT2D eigenvalue weighted by atomic mass is 10.1. The molecule has 4 aromatic rings. The minimum atomic E-state index is -0.342. The molecule has 1 aromatic carbocycles. The van der Waals surface area contributed by atoms with Crippen LogP contribution in [-0.4, -0.2) is 45.9 Å². The van der Waals surface area contributed by atoms with Gasteiger partial charge in [0.1, 0.15) is 5.52 Å². The molecule has 0 spiro atoms. The van der Waals surface area contributed by atoms with Crippen molar-refractivity contribution >= 4 is 27.6 Å². The van der Waals surface area contributed by atoms with Crippen LogP contribution in [0.15, 0.2) is 42.7 Å². The summed E-state index contributed by atoms with van der Waals surface area (Å²) in [4.78, 5) is 11.5. The van der Waals surface area contributed by atoms with Gasteiger partial charge in [-0.25, -0.2) is 14.4 Å². The molecule has 3 aromatic heterocycles. The van der Waals surface area contributed by atoms with Crippen molar-refractivity contribution in [2.75, 3.05) is 25.0 Å². The zero-order chi connectivity index (χ0) is 19.3. The number of hydrogen-bond donors (Lipinski definition) is 1. The summed E-state index contributed by atoms with van der Waals surface area (Å²) in [5, 5.41) is 9.28. The van der Waals surface area contributed by atoms with E-state index >= 15 is 0 Å². The highest BCUT2D eigenvalue weighted by Crippen LogP contribution is 2.28. The molecule has 142 valence electrons. The van der Waals surface area contributed by atoms with Gasteiger partial charge in [-0.15, -0.1) is 0 Å². The highest BCUT2D eigenvalue weighted by atomic mass is 19.1. The summed E-state index contributed by atoms with van der Waals surface area (Å²) >= 11 is 0. The Morgan fingerprint density at radius 2 is 2.11 bits per heavy atom. The molecular formula is C21H21FN6. The van der Waals surface area contributed by atoms with E-state index in [-0.39, 0.29) is 5.82 Å². The summed E-state index contributed by atoms with van der Waals surface area (Å²) in [6, 6.07) is 9.92. The van der Waals surface area contributed by atoms with Crippen molar-refractivity contribution in [2.24, 2.45) is 7.05 Å². The minimum absolute atomic E-state index is 0.342. The van der Waals surface area contributed by atoms with Crippen LogP contribution in [0.4, 0.5) is 10.1 Å². The van der Waals surface area contributed by atoms with Crippen LogP contribution in [0.3, 0.4) is 0 Å². The molecule has 1 fully saturated rings. The van der Waals surface area contributed by atoms with Gasteiger partial charge in [0.05, 0.1) is 17.6 Å². The van der Waals surface area contributed by atoms with E-state index in [4.69, 9.17) is 0 Å². The molecule has 0 saturated carbocycles. The van der Waals surface area contributed by atoms with Crippen LogP contribution < -0.4 is 10.2 Å². The number of rotatable bonds is 3. The average Bonchev–Trinajstić information content (AvgIpc) is 3.36. The van der Waals surface area contributed by atoms with Crippen LogP contribution in [0.2, 0.25) is 0 Å². The highest BCUT2D eigenvalue weighted by Gasteiger charge is 2.20. The molecule has 6 nitrogen and oxygen atoms in total. The number of halogens is 1. The number of benzene rings is 1. The maximum atomic E-state index is 14.4. The van der Waals surface area contributed by atoms with Crippen molar-refractivity contribution in [2.45, 2.75) is 12.5 Å². The Hall–Kier alpha value is -3.06. The number of pyridine rings is 2. The lowest BCUT2D eigenvalue weighted by Gasteiger charge is -2.25. The SMILES string of the molecule is CN(c1cnc2nc(-c3cc(F)c4nn(C)cc4c3)ccc2c1)[C@H]1CCNC1. The van der Waals surface area contributed by atoms with Gasteiger partial charge < -0.3 is 10.2 Å². The van der Waals surface area contributed by atoms with Gasteiger partial charge in [0.2, 0.25) is 0 Å². The van der Waals surface area contributed by atoms with Crippen LogP contribution in [-0.2, 0) is 7.05 Å². The van der Waals surface area contributed by atoms with E-state index in [2.05, 4.69) is 38.4 Å². The zero-order valence-electron chi connectivity index (χ0n) is 15.9. The van der Waals surface area contributed by atoms with E-state index < -0.39 is 0 Å². The number of hydrogen-bond acceptors (Lipinski definition) is 5. The van der Waals surface area contributed by atoms with E-state index in [1.807, 2.05) is 24.4 Å². The smallest absolute Gasteiger partial charge is 0.159 e. The molecule has 1 aliphatic heterocycles. The number of aromatic nitrogens is 4. The maximum absolute atomic E-state index is 14.4. The fourth-order valence-electron chi connectivity index (χ4n) is 3.89.